The topological polar surface area (TPSA) is 63.2 Å². The summed E-state index contributed by atoms with van der Waals surface area (Å²) >= 11 is 1.58. The van der Waals surface area contributed by atoms with Gasteiger partial charge in [-0.2, -0.15) is 0 Å². The maximum Gasteiger partial charge on any atom is 0.211 e. The molecule has 0 bridgehead atoms. The SMILES string of the molecule is CCc1nnc(Nc2cccc(C3CCCN(Cc4cccc(OC)c4)C3)n2)s1. The number of hydrogen-bond donors (Lipinski definition) is 1. The highest BCUT2D eigenvalue weighted by Crippen LogP contribution is 2.28. The van der Waals surface area contributed by atoms with Crippen LogP contribution in [0, 0.1) is 0 Å². The van der Waals surface area contributed by atoms with E-state index < -0.39 is 0 Å². The van der Waals surface area contributed by atoms with Gasteiger partial charge in [0.1, 0.15) is 16.6 Å². The average molecular weight is 410 g/mol. The standard InChI is InChI=1S/C22H27N5OS/c1-3-21-25-26-22(29-21)24-20-11-5-10-19(23-20)17-8-6-12-27(15-17)14-16-7-4-9-18(13-16)28-2/h4-5,7,9-11,13,17H,3,6,8,12,14-15H2,1-2H3,(H,23,24,26). The van der Waals surface area contributed by atoms with E-state index in [0.29, 0.717) is 5.92 Å². The van der Waals surface area contributed by atoms with E-state index in [9.17, 15) is 0 Å². The van der Waals surface area contributed by atoms with Gasteiger partial charge >= 0.3 is 0 Å². The van der Waals surface area contributed by atoms with Crippen LogP contribution in [0.5, 0.6) is 5.75 Å². The number of benzene rings is 1. The molecule has 3 aromatic rings. The third-order valence-electron chi connectivity index (χ3n) is 5.24. The highest BCUT2D eigenvalue weighted by atomic mass is 32.1. The summed E-state index contributed by atoms with van der Waals surface area (Å²) in [4.78, 5) is 7.39. The lowest BCUT2D eigenvalue weighted by molar-refractivity contribution is 0.198. The van der Waals surface area contributed by atoms with Crippen LogP contribution in [-0.4, -0.2) is 40.3 Å². The molecule has 3 heterocycles. The predicted molar refractivity (Wildman–Crippen MR) is 117 cm³/mol. The van der Waals surface area contributed by atoms with E-state index in [0.717, 1.165) is 53.5 Å². The first-order chi connectivity index (χ1) is 14.2. The molecule has 0 aliphatic carbocycles. The van der Waals surface area contributed by atoms with Crippen molar-refractivity contribution >= 4 is 22.3 Å². The molecule has 29 heavy (non-hydrogen) atoms. The van der Waals surface area contributed by atoms with Gasteiger partial charge in [0.05, 0.1) is 7.11 Å². The Morgan fingerprint density at radius 2 is 2.10 bits per heavy atom. The van der Waals surface area contributed by atoms with Gasteiger partial charge in [-0.3, -0.25) is 4.90 Å². The molecule has 1 aromatic carbocycles. The summed E-state index contributed by atoms with van der Waals surface area (Å²) in [5, 5.41) is 13.5. The Morgan fingerprint density at radius 1 is 1.21 bits per heavy atom. The Labute approximate surface area is 176 Å². The number of anilines is 2. The number of aryl methyl sites for hydroxylation is 1. The maximum absolute atomic E-state index is 5.36. The van der Waals surface area contributed by atoms with Crippen LogP contribution in [0.25, 0.3) is 0 Å². The molecule has 2 aromatic heterocycles. The van der Waals surface area contributed by atoms with Crippen LogP contribution in [0.15, 0.2) is 42.5 Å². The van der Waals surface area contributed by atoms with Crippen LogP contribution in [-0.2, 0) is 13.0 Å². The molecule has 1 unspecified atom stereocenters. The van der Waals surface area contributed by atoms with E-state index in [4.69, 9.17) is 9.72 Å². The maximum atomic E-state index is 5.36. The van der Waals surface area contributed by atoms with Gasteiger partial charge in [-0.25, -0.2) is 4.98 Å². The Balaban J connectivity index is 1.42. The Hall–Kier alpha value is -2.51. The zero-order valence-electron chi connectivity index (χ0n) is 17.0. The molecule has 1 atom stereocenters. The molecule has 6 nitrogen and oxygen atoms in total. The lowest BCUT2D eigenvalue weighted by atomic mass is 9.94. The quantitative estimate of drug-likeness (QED) is 0.614. The second kappa shape index (κ2) is 9.33. The van der Waals surface area contributed by atoms with Gasteiger partial charge in [-0.05, 0) is 55.6 Å². The zero-order valence-corrected chi connectivity index (χ0v) is 17.8. The van der Waals surface area contributed by atoms with E-state index >= 15 is 0 Å². The van der Waals surface area contributed by atoms with Crippen molar-refractivity contribution < 1.29 is 4.74 Å². The number of ether oxygens (including phenoxy) is 1. The summed E-state index contributed by atoms with van der Waals surface area (Å²) in [6.45, 7) is 5.17. The fourth-order valence-corrected chi connectivity index (χ4v) is 4.46. The molecule has 1 saturated heterocycles. The van der Waals surface area contributed by atoms with Gasteiger partial charge in [-0.15, -0.1) is 10.2 Å². The molecule has 1 fully saturated rings. The molecule has 152 valence electrons. The number of pyridine rings is 1. The minimum Gasteiger partial charge on any atom is -0.497 e. The van der Waals surface area contributed by atoms with E-state index in [1.165, 1.54) is 18.4 Å². The third kappa shape index (κ3) is 5.10. The zero-order chi connectivity index (χ0) is 20.1. The highest BCUT2D eigenvalue weighted by molar-refractivity contribution is 7.15. The summed E-state index contributed by atoms with van der Waals surface area (Å²) in [5.41, 5.74) is 2.43. The Morgan fingerprint density at radius 3 is 2.93 bits per heavy atom. The molecule has 0 amide bonds. The molecule has 7 heteroatoms. The normalized spacial score (nSPS) is 17.2. The molecule has 1 aliphatic heterocycles. The van der Waals surface area contributed by atoms with Gasteiger partial charge in [0, 0.05) is 24.7 Å². The number of methoxy groups -OCH3 is 1. The molecule has 1 aliphatic rings. The van der Waals surface area contributed by atoms with Gasteiger partial charge in [0.15, 0.2) is 0 Å². The first-order valence-electron chi connectivity index (χ1n) is 10.1. The summed E-state index contributed by atoms with van der Waals surface area (Å²) in [6, 6.07) is 14.6. The molecule has 0 spiro atoms. The lowest BCUT2D eigenvalue weighted by Crippen LogP contribution is -2.34. The van der Waals surface area contributed by atoms with Crippen molar-refractivity contribution in [2.75, 3.05) is 25.5 Å². The van der Waals surface area contributed by atoms with Crippen LogP contribution < -0.4 is 10.1 Å². The lowest BCUT2D eigenvalue weighted by Gasteiger charge is -2.32. The Kier molecular flexibility index (Phi) is 6.36. The van der Waals surface area contributed by atoms with E-state index in [1.54, 1.807) is 18.4 Å². The van der Waals surface area contributed by atoms with Gasteiger partial charge in [0.25, 0.3) is 0 Å². The van der Waals surface area contributed by atoms with Crippen molar-refractivity contribution in [2.24, 2.45) is 0 Å². The number of aromatic nitrogens is 3. The predicted octanol–water partition coefficient (Wildman–Crippen LogP) is 4.63. The van der Waals surface area contributed by atoms with Gasteiger partial charge in [0.2, 0.25) is 5.13 Å². The summed E-state index contributed by atoms with van der Waals surface area (Å²) in [5.74, 6) is 2.20. The monoisotopic (exact) mass is 409 g/mol. The van der Waals surface area contributed by atoms with Crippen molar-refractivity contribution in [3.05, 3.63) is 58.7 Å². The fraction of sp³-hybridized carbons (Fsp3) is 0.409. The largest absolute Gasteiger partial charge is 0.497 e. The fourth-order valence-electron chi connectivity index (χ4n) is 3.77. The molecule has 4 rings (SSSR count). The Bertz CT molecular complexity index is 944. The summed E-state index contributed by atoms with van der Waals surface area (Å²) in [6.07, 6.45) is 3.26. The molecule has 1 N–H and O–H groups in total. The van der Waals surface area contributed by atoms with Crippen LogP contribution >= 0.6 is 11.3 Å². The molecular formula is C22H27N5OS. The minimum atomic E-state index is 0.441. The number of rotatable bonds is 7. The molecule has 0 radical (unpaired) electrons. The summed E-state index contributed by atoms with van der Waals surface area (Å²) < 4.78 is 5.36. The van der Waals surface area contributed by atoms with Crippen LogP contribution in [0.2, 0.25) is 0 Å². The van der Waals surface area contributed by atoms with E-state index in [2.05, 4.69) is 57.7 Å². The van der Waals surface area contributed by atoms with Crippen molar-refractivity contribution in [2.45, 2.75) is 38.6 Å². The smallest absolute Gasteiger partial charge is 0.211 e. The van der Waals surface area contributed by atoms with Crippen LogP contribution in [0.1, 0.15) is 41.9 Å². The van der Waals surface area contributed by atoms with Crippen molar-refractivity contribution in [1.82, 2.24) is 20.1 Å². The van der Waals surface area contributed by atoms with Crippen molar-refractivity contribution in [3.63, 3.8) is 0 Å². The van der Waals surface area contributed by atoms with E-state index in [1.807, 2.05) is 12.1 Å². The van der Waals surface area contributed by atoms with Crippen LogP contribution in [0.3, 0.4) is 0 Å². The summed E-state index contributed by atoms with van der Waals surface area (Å²) in [7, 11) is 1.72. The third-order valence-corrected chi connectivity index (χ3v) is 6.22. The van der Waals surface area contributed by atoms with Crippen molar-refractivity contribution in [3.8, 4) is 5.75 Å². The molecular weight excluding hydrogens is 382 g/mol. The molecule has 0 saturated carbocycles. The number of nitrogens with one attached hydrogen (secondary N) is 1. The second-order valence-corrected chi connectivity index (χ2v) is 8.42. The number of nitrogens with zero attached hydrogens (tertiary/aromatic N) is 4. The van der Waals surface area contributed by atoms with Gasteiger partial charge in [-0.1, -0.05) is 36.5 Å². The first kappa shape index (κ1) is 19.8. The number of likely N-dealkylation sites (tertiary alicyclic amines) is 1. The second-order valence-electron chi connectivity index (χ2n) is 7.35. The minimum absolute atomic E-state index is 0.441. The van der Waals surface area contributed by atoms with Gasteiger partial charge < -0.3 is 10.1 Å². The first-order valence-corrected chi connectivity index (χ1v) is 11.0. The highest BCUT2D eigenvalue weighted by Gasteiger charge is 2.23. The average Bonchev–Trinajstić information content (AvgIpc) is 3.22. The number of piperidine rings is 1. The van der Waals surface area contributed by atoms with Crippen molar-refractivity contribution in [1.29, 1.82) is 0 Å². The van der Waals surface area contributed by atoms with E-state index in [-0.39, 0.29) is 0 Å². The number of hydrogen-bond acceptors (Lipinski definition) is 7. The van der Waals surface area contributed by atoms with Crippen LogP contribution in [0.4, 0.5) is 10.9 Å².